The van der Waals surface area contributed by atoms with Gasteiger partial charge in [0.15, 0.2) is 0 Å². The standard InChI is InChI=1S/C34H40N6O.C2H2/c1-8-28-10-9-11-30(16-13-28)26(5)39-25(4)23(2)20-33(40(7)27(6)36-19-18-35)34(41)37-22-29-14-17-31-15-12-24(3)38-32(31)21-29;1-2/h8-9,11,13-14,16-17,20-21,26,38-39H,1-4,10,12,15,19,22H2,5-7H3,(H,37,41);1-2H/b33-20-,36-27?;/t26-;/m0./s1. The SMILES string of the molecule is C#C.C=CC1=CC=C([C@H](C)NC(=C)C(=C)/C=C(/C(=O)NCc2ccc3c(c2)NC(=C)CC3)N(C)C(C)=NCC#N)C=CC1. The minimum absolute atomic E-state index is 0.00411. The summed E-state index contributed by atoms with van der Waals surface area (Å²) in [6.45, 7) is 20.4. The molecule has 0 saturated heterocycles. The van der Waals surface area contributed by atoms with Gasteiger partial charge in [-0.25, -0.2) is 0 Å². The number of rotatable bonds is 11. The fourth-order valence-electron chi connectivity index (χ4n) is 4.41. The van der Waals surface area contributed by atoms with Crippen LogP contribution in [0.4, 0.5) is 5.69 Å². The first-order chi connectivity index (χ1) is 20.6. The van der Waals surface area contributed by atoms with Gasteiger partial charge in [-0.1, -0.05) is 68.8 Å². The molecule has 43 heavy (non-hydrogen) atoms. The van der Waals surface area contributed by atoms with Crippen LogP contribution in [0.5, 0.6) is 0 Å². The second-order valence-corrected chi connectivity index (χ2v) is 10.1. The molecule has 1 aliphatic carbocycles. The lowest BCUT2D eigenvalue weighted by Gasteiger charge is -2.24. The molecule has 0 spiro atoms. The maximum Gasteiger partial charge on any atom is 0.268 e. The summed E-state index contributed by atoms with van der Waals surface area (Å²) < 4.78 is 0. The Bertz CT molecular complexity index is 1470. The summed E-state index contributed by atoms with van der Waals surface area (Å²) in [4.78, 5) is 19.4. The van der Waals surface area contributed by atoms with Crippen LogP contribution in [0.1, 0.15) is 37.8 Å². The number of hydrogen-bond acceptors (Lipinski definition) is 5. The summed E-state index contributed by atoms with van der Waals surface area (Å²) in [7, 11) is 1.74. The summed E-state index contributed by atoms with van der Waals surface area (Å²) in [5.74, 6) is 0.232. The number of carbonyl (C=O) groups is 1. The van der Waals surface area contributed by atoms with E-state index in [0.29, 0.717) is 29.3 Å². The Kier molecular flexibility index (Phi) is 13.3. The molecule has 7 nitrogen and oxygen atoms in total. The molecule has 0 saturated carbocycles. The molecular weight excluding hydrogens is 532 g/mol. The summed E-state index contributed by atoms with van der Waals surface area (Å²) in [6, 6.07) is 8.13. The third kappa shape index (κ3) is 9.95. The van der Waals surface area contributed by atoms with E-state index >= 15 is 0 Å². The van der Waals surface area contributed by atoms with Gasteiger partial charge in [-0.15, -0.1) is 12.8 Å². The zero-order valence-electron chi connectivity index (χ0n) is 25.5. The third-order valence-electron chi connectivity index (χ3n) is 7.10. The van der Waals surface area contributed by atoms with Crippen molar-refractivity contribution in [1.29, 1.82) is 5.26 Å². The van der Waals surface area contributed by atoms with E-state index in [9.17, 15) is 4.79 Å². The Hall–Kier alpha value is -5.27. The van der Waals surface area contributed by atoms with Gasteiger partial charge in [0.1, 0.15) is 18.1 Å². The predicted octanol–water partition coefficient (Wildman–Crippen LogP) is 6.23. The van der Waals surface area contributed by atoms with Gasteiger partial charge < -0.3 is 20.9 Å². The molecule has 0 radical (unpaired) electrons. The van der Waals surface area contributed by atoms with E-state index in [1.54, 1.807) is 24.9 Å². The fraction of sp³-hybridized carbons (Fsp3) is 0.250. The Morgan fingerprint density at radius 3 is 2.72 bits per heavy atom. The molecule has 0 aromatic heterocycles. The molecule has 2 aliphatic rings. The third-order valence-corrected chi connectivity index (χ3v) is 7.10. The first kappa shape index (κ1) is 33.9. The number of nitriles is 1. The number of likely N-dealkylation sites (N-methyl/N-ethyl adjacent to an activating group) is 1. The van der Waals surface area contributed by atoms with Gasteiger partial charge in [-0.05, 0) is 73.1 Å². The highest BCUT2D eigenvalue weighted by Crippen LogP contribution is 2.27. The minimum atomic E-state index is -0.299. The van der Waals surface area contributed by atoms with E-state index < -0.39 is 0 Å². The highest BCUT2D eigenvalue weighted by molar-refractivity contribution is 5.98. The van der Waals surface area contributed by atoms with Crippen molar-refractivity contribution in [2.24, 2.45) is 4.99 Å². The molecule has 0 fully saturated rings. The molecule has 3 rings (SSSR count). The van der Waals surface area contributed by atoms with Gasteiger partial charge in [-0.2, -0.15) is 5.26 Å². The summed E-state index contributed by atoms with van der Waals surface area (Å²) in [5.41, 5.74) is 7.95. The van der Waals surface area contributed by atoms with E-state index in [4.69, 9.17) is 5.26 Å². The van der Waals surface area contributed by atoms with Gasteiger partial charge in [0.25, 0.3) is 5.91 Å². The maximum absolute atomic E-state index is 13.5. The number of terminal acetylenes is 1. The predicted molar refractivity (Wildman–Crippen MR) is 180 cm³/mol. The van der Waals surface area contributed by atoms with Crippen LogP contribution in [0.15, 0.2) is 120 Å². The Morgan fingerprint density at radius 2 is 2.02 bits per heavy atom. The molecule has 1 aromatic rings. The first-order valence-corrected chi connectivity index (χ1v) is 14.0. The highest BCUT2D eigenvalue weighted by Gasteiger charge is 2.19. The lowest BCUT2D eigenvalue weighted by Crippen LogP contribution is -2.35. The molecular formula is C36H42N6O. The van der Waals surface area contributed by atoms with E-state index in [1.807, 2.05) is 31.2 Å². The van der Waals surface area contributed by atoms with Crippen LogP contribution in [-0.4, -0.2) is 36.3 Å². The van der Waals surface area contributed by atoms with Gasteiger partial charge in [-0.3, -0.25) is 9.79 Å². The average molecular weight is 575 g/mol. The molecule has 222 valence electrons. The molecule has 7 heteroatoms. The van der Waals surface area contributed by atoms with Crippen LogP contribution in [0.25, 0.3) is 0 Å². The van der Waals surface area contributed by atoms with Crippen LogP contribution in [-0.2, 0) is 17.8 Å². The van der Waals surface area contributed by atoms with Crippen molar-refractivity contribution >= 4 is 17.4 Å². The number of aryl methyl sites for hydroxylation is 1. The van der Waals surface area contributed by atoms with E-state index in [1.165, 1.54) is 5.56 Å². The lowest BCUT2D eigenvalue weighted by molar-refractivity contribution is -0.118. The largest absolute Gasteiger partial charge is 0.379 e. The van der Waals surface area contributed by atoms with Gasteiger partial charge in [0.05, 0.1) is 6.07 Å². The topological polar surface area (TPSA) is 92.6 Å². The number of carbonyl (C=O) groups excluding carboxylic acids is 1. The summed E-state index contributed by atoms with van der Waals surface area (Å²) >= 11 is 0. The number of anilines is 1. The second kappa shape index (κ2) is 16.9. The summed E-state index contributed by atoms with van der Waals surface area (Å²) in [6.07, 6.45) is 22.6. The number of hydrogen-bond donors (Lipinski definition) is 3. The Labute approximate surface area is 257 Å². The number of allylic oxidation sites excluding steroid dienone is 7. The number of amides is 1. The van der Waals surface area contributed by atoms with Crippen LogP contribution in [0.2, 0.25) is 0 Å². The van der Waals surface area contributed by atoms with Crippen LogP contribution >= 0.6 is 0 Å². The normalized spacial score (nSPS) is 14.9. The van der Waals surface area contributed by atoms with Gasteiger partial charge in [0.2, 0.25) is 0 Å². The van der Waals surface area contributed by atoms with Crippen LogP contribution < -0.4 is 16.0 Å². The first-order valence-electron chi connectivity index (χ1n) is 14.0. The van der Waals surface area contributed by atoms with Crippen molar-refractivity contribution in [3.05, 3.63) is 126 Å². The minimum Gasteiger partial charge on any atom is -0.379 e. The second-order valence-electron chi connectivity index (χ2n) is 10.1. The number of amidine groups is 1. The van der Waals surface area contributed by atoms with Crippen molar-refractivity contribution in [3.8, 4) is 18.9 Å². The number of nitrogens with one attached hydrogen (secondary N) is 3. The molecule has 1 aliphatic heterocycles. The molecule has 1 aromatic carbocycles. The van der Waals surface area contributed by atoms with Crippen molar-refractivity contribution in [2.45, 2.75) is 45.7 Å². The zero-order chi connectivity index (χ0) is 31.9. The van der Waals surface area contributed by atoms with Crippen LogP contribution in [0.3, 0.4) is 0 Å². The lowest BCUT2D eigenvalue weighted by atomic mass is 10.00. The van der Waals surface area contributed by atoms with Crippen molar-refractivity contribution in [1.82, 2.24) is 15.5 Å². The molecule has 3 N–H and O–H groups in total. The van der Waals surface area contributed by atoms with Crippen molar-refractivity contribution in [2.75, 3.05) is 18.9 Å². The molecule has 1 atom stereocenters. The Morgan fingerprint density at radius 1 is 1.28 bits per heavy atom. The molecule has 1 amide bonds. The van der Waals surface area contributed by atoms with Gasteiger partial charge in [0, 0.05) is 36.7 Å². The van der Waals surface area contributed by atoms with E-state index in [-0.39, 0.29) is 18.5 Å². The van der Waals surface area contributed by atoms with Crippen molar-refractivity contribution < 1.29 is 4.79 Å². The van der Waals surface area contributed by atoms with Crippen molar-refractivity contribution in [3.63, 3.8) is 0 Å². The van der Waals surface area contributed by atoms with Crippen LogP contribution in [0, 0.1) is 24.2 Å². The monoisotopic (exact) mass is 574 g/mol. The van der Waals surface area contributed by atoms with E-state index in [2.05, 4.69) is 90.5 Å². The zero-order valence-corrected chi connectivity index (χ0v) is 25.5. The number of fused-ring (bicyclic) bond motifs is 1. The maximum atomic E-state index is 13.5. The number of aliphatic imine (C=N–C) groups is 1. The quantitative estimate of drug-likeness (QED) is 0.0728. The summed E-state index contributed by atoms with van der Waals surface area (Å²) in [5, 5.41) is 18.7. The molecule has 0 bridgehead atoms. The number of benzene rings is 1. The highest BCUT2D eigenvalue weighted by atomic mass is 16.2. The molecule has 0 unspecified atom stereocenters. The molecule has 1 heterocycles. The van der Waals surface area contributed by atoms with Gasteiger partial charge >= 0.3 is 0 Å². The Balaban J connectivity index is 0.00000316. The number of nitrogens with zero attached hydrogens (tertiary/aromatic N) is 3. The fourth-order valence-corrected chi connectivity index (χ4v) is 4.41. The average Bonchev–Trinajstić information content (AvgIpc) is 3.27. The smallest absolute Gasteiger partial charge is 0.268 e. The van der Waals surface area contributed by atoms with E-state index in [0.717, 1.165) is 47.4 Å².